The number of fused-ring (bicyclic) bond motifs is 1. The van der Waals surface area contributed by atoms with Crippen LogP contribution in [0.4, 0.5) is 0 Å². The minimum absolute atomic E-state index is 0.217. The fourth-order valence-electron chi connectivity index (χ4n) is 5.58. The number of piperidine rings is 2. The number of nitrogens with zero attached hydrogens (tertiary/aromatic N) is 4. The van der Waals surface area contributed by atoms with Gasteiger partial charge in [0.25, 0.3) is 0 Å². The second-order valence-electron chi connectivity index (χ2n) is 9.88. The number of amides is 2. The van der Waals surface area contributed by atoms with E-state index in [1.54, 1.807) is 17.7 Å². The van der Waals surface area contributed by atoms with Crippen LogP contribution in [-0.4, -0.2) is 76.6 Å². The van der Waals surface area contributed by atoms with E-state index in [2.05, 4.69) is 20.4 Å². The van der Waals surface area contributed by atoms with Gasteiger partial charge in [-0.3, -0.25) is 28.9 Å². The van der Waals surface area contributed by atoms with Crippen LogP contribution in [0.1, 0.15) is 37.3 Å². The zero-order valence-electron chi connectivity index (χ0n) is 19.7. The lowest BCUT2D eigenvalue weighted by atomic mass is 9.97. The van der Waals surface area contributed by atoms with Gasteiger partial charge < -0.3 is 10.2 Å². The first kappa shape index (κ1) is 23.5. The highest BCUT2D eigenvalue weighted by atomic mass is 35.5. The van der Waals surface area contributed by atoms with E-state index in [-0.39, 0.29) is 18.0 Å². The summed E-state index contributed by atoms with van der Waals surface area (Å²) in [5, 5.41) is 6.38. The predicted molar refractivity (Wildman–Crippen MR) is 131 cm³/mol. The average Bonchev–Trinajstić information content (AvgIpc) is 3.05. The van der Waals surface area contributed by atoms with Gasteiger partial charge in [0.1, 0.15) is 6.04 Å². The van der Waals surface area contributed by atoms with Crippen LogP contribution >= 0.6 is 11.6 Å². The predicted octanol–water partition coefficient (Wildman–Crippen LogP) is 1.09. The molecule has 0 spiro atoms. The quantitative estimate of drug-likeness (QED) is 0.612. The van der Waals surface area contributed by atoms with Gasteiger partial charge in [-0.15, -0.1) is 0 Å². The van der Waals surface area contributed by atoms with Crippen molar-refractivity contribution in [3.63, 3.8) is 0 Å². The SMILES string of the molecule is Cn1c(=O)n(C2CCC(=O)NC2=O)c2cc(Cl)c(CN3CCN(CC4CCNCC4)CC3)cc21. The summed E-state index contributed by atoms with van der Waals surface area (Å²) >= 11 is 6.69. The largest absolute Gasteiger partial charge is 0.329 e. The molecule has 2 amide bonds. The molecule has 184 valence electrons. The standard InChI is InChI=1S/C24H33ClN6O3/c1-28-20-12-17(15-30-10-8-29(9-11-30)14-16-4-6-26-7-5-16)18(25)13-21(20)31(24(28)34)19-2-3-22(32)27-23(19)33/h12-13,16,19,26H,2-11,14-15H2,1H3,(H,27,32,33). The second kappa shape index (κ2) is 9.81. The highest BCUT2D eigenvalue weighted by Gasteiger charge is 2.31. The summed E-state index contributed by atoms with van der Waals surface area (Å²) in [6.45, 7) is 8.32. The minimum Gasteiger partial charge on any atom is -0.317 e. The van der Waals surface area contributed by atoms with Crippen LogP contribution in [0.15, 0.2) is 16.9 Å². The third kappa shape index (κ3) is 4.66. The summed E-state index contributed by atoms with van der Waals surface area (Å²) in [7, 11) is 1.71. The van der Waals surface area contributed by atoms with Gasteiger partial charge >= 0.3 is 5.69 Å². The molecule has 3 fully saturated rings. The van der Waals surface area contributed by atoms with Crippen molar-refractivity contribution in [2.24, 2.45) is 13.0 Å². The van der Waals surface area contributed by atoms with Crippen LogP contribution < -0.4 is 16.3 Å². The lowest BCUT2D eigenvalue weighted by Crippen LogP contribution is -2.48. The van der Waals surface area contributed by atoms with E-state index >= 15 is 0 Å². The van der Waals surface area contributed by atoms with Crippen LogP contribution in [0.5, 0.6) is 0 Å². The Labute approximate surface area is 204 Å². The summed E-state index contributed by atoms with van der Waals surface area (Å²) in [5.74, 6) is 0.0680. The van der Waals surface area contributed by atoms with E-state index < -0.39 is 11.9 Å². The molecule has 3 saturated heterocycles. The lowest BCUT2D eigenvalue weighted by Gasteiger charge is -2.37. The summed E-state index contributed by atoms with van der Waals surface area (Å²) in [6, 6.07) is 3.07. The molecule has 0 radical (unpaired) electrons. The van der Waals surface area contributed by atoms with Crippen molar-refractivity contribution >= 4 is 34.4 Å². The van der Waals surface area contributed by atoms with Crippen LogP contribution in [0, 0.1) is 5.92 Å². The molecule has 1 aromatic carbocycles. The van der Waals surface area contributed by atoms with E-state index in [4.69, 9.17) is 11.6 Å². The summed E-state index contributed by atoms with van der Waals surface area (Å²) in [5.41, 5.74) is 2.09. The van der Waals surface area contributed by atoms with Gasteiger partial charge in [-0.1, -0.05) is 11.6 Å². The Kier molecular flexibility index (Phi) is 6.79. The smallest absolute Gasteiger partial charge is 0.317 e. The van der Waals surface area contributed by atoms with E-state index in [1.165, 1.54) is 24.0 Å². The van der Waals surface area contributed by atoms with Gasteiger partial charge in [0.2, 0.25) is 11.8 Å². The van der Waals surface area contributed by atoms with Gasteiger partial charge in [0.05, 0.1) is 11.0 Å². The number of nitrogens with one attached hydrogen (secondary N) is 2. The number of rotatable bonds is 5. The number of hydrogen-bond acceptors (Lipinski definition) is 6. The van der Waals surface area contributed by atoms with E-state index in [9.17, 15) is 14.4 Å². The molecule has 4 heterocycles. The fourth-order valence-corrected chi connectivity index (χ4v) is 5.79. The van der Waals surface area contributed by atoms with Gasteiger partial charge in [-0.2, -0.15) is 0 Å². The molecule has 3 aliphatic rings. The van der Waals surface area contributed by atoms with Gasteiger partial charge in [-0.05, 0) is 56.0 Å². The minimum atomic E-state index is -0.705. The van der Waals surface area contributed by atoms with Crippen molar-refractivity contribution in [1.29, 1.82) is 0 Å². The molecule has 2 N–H and O–H groups in total. The Morgan fingerprint density at radius 1 is 0.971 bits per heavy atom. The topological polar surface area (TPSA) is 91.6 Å². The Hall–Kier alpha value is -2.20. The van der Waals surface area contributed by atoms with Crippen LogP contribution in [0.2, 0.25) is 5.02 Å². The number of aryl methyl sites for hydroxylation is 1. The molecule has 0 bridgehead atoms. The molecule has 1 atom stereocenters. The maximum absolute atomic E-state index is 13.0. The Bertz CT molecular complexity index is 1140. The first-order chi connectivity index (χ1) is 16.4. The monoisotopic (exact) mass is 488 g/mol. The van der Waals surface area contributed by atoms with E-state index in [0.29, 0.717) is 17.0 Å². The Morgan fingerprint density at radius 2 is 1.68 bits per heavy atom. The molecular weight excluding hydrogens is 456 g/mol. The molecule has 10 heteroatoms. The van der Waals surface area contributed by atoms with E-state index in [1.807, 2.05) is 6.07 Å². The molecular formula is C24H33ClN6O3. The first-order valence-corrected chi connectivity index (χ1v) is 12.7. The maximum atomic E-state index is 13.0. The number of carbonyl (C=O) groups excluding carboxylic acids is 2. The average molecular weight is 489 g/mol. The molecule has 1 aromatic heterocycles. The van der Waals surface area contributed by atoms with Gasteiger partial charge in [0, 0.05) is 57.8 Å². The molecule has 2 aromatic rings. The van der Waals surface area contributed by atoms with Gasteiger partial charge in [-0.25, -0.2) is 4.79 Å². The molecule has 3 aliphatic heterocycles. The first-order valence-electron chi connectivity index (χ1n) is 12.3. The second-order valence-corrected chi connectivity index (χ2v) is 10.3. The van der Waals surface area contributed by atoms with E-state index in [0.717, 1.165) is 62.8 Å². The van der Waals surface area contributed by atoms with Crippen molar-refractivity contribution in [1.82, 2.24) is 29.6 Å². The van der Waals surface area contributed by atoms with Crippen LogP contribution in [0.3, 0.4) is 0 Å². The van der Waals surface area contributed by atoms with Crippen LogP contribution in [-0.2, 0) is 23.2 Å². The normalized spacial score (nSPS) is 23.5. The van der Waals surface area contributed by atoms with Crippen molar-refractivity contribution in [2.45, 2.75) is 38.3 Å². The molecule has 1 unspecified atom stereocenters. The van der Waals surface area contributed by atoms with Crippen LogP contribution in [0.25, 0.3) is 11.0 Å². The number of halogens is 1. The summed E-state index contributed by atoms with van der Waals surface area (Å²) in [4.78, 5) is 42.0. The molecule has 5 rings (SSSR count). The van der Waals surface area contributed by atoms with Gasteiger partial charge in [0.15, 0.2) is 0 Å². The molecule has 0 saturated carbocycles. The zero-order chi connectivity index (χ0) is 23.8. The number of benzene rings is 1. The number of carbonyl (C=O) groups is 2. The summed E-state index contributed by atoms with van der Waals surface area (Å²) < 4.78 is 3.04. The Morgan fingerprint density at radius 3 is 2.38 bits per heavy atom. The maximum Gasteiger partial charge on any atom is 0.329 e. The van der Waals surface area contributed by atoms with Crippen molar-refractivity contribution < 1.29 is 9.59 Å². The third-order valence-electron chi connectivity index (χ3n) is 7.61. The molecule has 34 heavy (non-hydrogen) atoms. The summed E-state index contributed by atoms with van der Waals surface area (Å²) in [6.07, 6.45) is 3.07. The highest BCUT2D eigenvalue weighted by Crippen LogP contribution is 2.29. The Balaban J connectivity index is 1.30. The van der Waals surface area contributed by atoms with Crippen molar-refractivity contribution in [2.75, 3.05) is 45.8 Å². The lowest BCUT2D eigenvalue weighted by molar-refractivity contribution is -0.135. The number of imidazole rings is 1. The van der Waals surface area contributed by atoms with Crippen molar-refractivity contribution in [3.8, 4) is 0 Å². The molecule has 9 nitrogen and oxygen atoms in total. The number of aromatic nitrogens is 2. The number of piperazine rings is 1. The number of imide groups is 1. The zero-order valence-corrected chi connectivity index (χ0v) is 20.4. The third-order valence-corrected chi connectivity index (χ3v) is 7.97. The highest BCUT2D eigenvalue weighted by molar-refractivity contribution is 6.32. The fraction of sp³-hybridized carbons (Fsp3) is 0.625. The number of hydrogen-bond donors (Lipinski definition) is 2. The van der Waals surface area contributed by atoms with Crippen molar-refractivity contribution in [3.05, 3.63) is 33.2 Å². The molecule has 0 aliphatic carbocycles.